The van der Waals surface area contributed by atoms with Crippen LogP contribution in [0.4, 0.5) is 0 Å². The van der Waals surface area contributed by atoms with Gasteiger partial charge in [-0.3, -0.25) is 4.90 Å². The highest BCUT2D eigenvalue weighted by atomic mass is 16.5. The van der Waals surface area contributed by atoms with Crippen molar-refractivity contribution in [3.8, 4) is 0 Å². The van der Waals surface area contributed by atoms with E-state index < -0.39 is 0 Å². The van der Waals surface area contributed by atoms with Gasteiger partial charge in [0.15, 0.2) is 0 Å². The summed E-state index contributed by atoms with van der Waals surface area (Å²) in [5.41, 5.74) is 0.319. The van der Waals surface area contributed by atoms with E-state index in [-0.39, 0.29) is 0 Å². The summed E-state index contributed by atoms with van der Waals surface area (Å²) in [6.45, 7) is 7.96. The van der Waals surface area contributed by atoms with Crippen LogP contribution < -0.4 is 5.32 Å². The molecular weight excluding hydrogens is 200 g/mol. The number of nitrogens with one attached hydrogen (secondary N) is 1. The minimum Gasteiger partial charge on any atom is -0.379 e. The zero-order chi connectivity index (χ0) is 11.0. The lowest BCUT2D eigenvalue weighted by molar-refractivity contribution is 0.0761. The maximum absolute atomic E-state index is 5.60. The van der Waals surface area contributed by atoms with Gasteiger partial charge < -0.3 is 10.1 Å². The second-order valence-corrected chi connectivity index (χ2v) is 6.00. The van der Waals surface area contributed by atoms with E-state index >= 15 is 0 Å². The molecule has 3 aliphatic rings. The van der Waals surface area contributed by atoms with Crippen molar-refractivity contribution in [2.45, 2.75) is 44.2 Å². The van der Waals surface area contributed by atoms with E-state index in [0.717, 1.165) is 25.2 Å². The van der Waals surface area contributed by atoms with Crippen molar-refractivity contribution in [3.63, 3.8) is 0 Å². The van der Waals surface area contributed by atoms with Crippen LogP contribution in [-0.2, 0) is 4.74 Å². The summed E-state index contributed by atoms with van der Waals surface area (Å²) >= 11 is 0. The van der Waals surface area contributed by atoms with Crippen LogP contribution in [-0.4, -0.2) is 49.3 Å². The van der Waals surface area contributed by atoms with E-state index in [4.69, 9.17) is 4.74 Å². The zero-order valence-electron chi connectivity index (χ0n) is 10.4. The predicted octanol–water partition coefficient (Wildman–Crippen LogP) is 1.24. The Morgan fingerprint density at radius 2 is 2.25 bits per heavy atom. The minimum atomic E-state index is 0.319. The monoisotopic (exact) mass is 224 g/mol. The molecule has 2 aliphatic heterocycles. The van der Waals surface area contributed by atoms with Crippen LogP contribution in [0.2, 0.25) is 0 Å². The fourth-order valence-corrected chi connectivity index (χ4v) is 3.16. The Hall–Kier alpha value is -0.120. The first-order valence-corrected chi connectivity index (χ1v) is 6.84. The number of ether oxygens (including phenoxy) is 1. The Morgan fingerprint density at radius 1 is 1.38 bits per heavy atom. The highest BCUT2D eigenvalue weighted by Gasteiger charge is 2.40. The molecule has 1 saturated carbocycles. The average molecular weight is 224 g/mol. The molecule has 3 heteroatoms. The summed E-state index contributed by atoms with van der Waals surface area (Å²) in [7, 11) is 0. The third-order valence-electron chi connectivity index (χ3n) is 4.58. The zero-order valence-corrected chi connectivity index (χ0v) is 10.4. The average Bonchev–Trinajstić information content (AvgIpc) is 3.06. The van der Waals surface area contributed by atoms with Crippen molar-refractivity contribution < 1.29 is 4.74 Å². The van der Waals surface area contributed by atoms with Gasteiger partial charge in [0, 0.05) is 31.3 Å². The van der Waals surface area contributed by atoms with Crippen LogP contribution in [0.1, 0.15) is 32.6 Å². The third-order valence-corrected chi connectivity index (χ3v) is 4.58. The lowest BCUT2D eigenvalue weighted by Gasteiger charge is -2.38. The van der Waals surface area contributed by atoms with Crippen molar-refractivity contribution in [2.24, 2.45) is 5.92 Å². The smallest absolute Gasteiger partial charge is 0.0648 e. The van der Waals surface area contributed by atoms with Crippen LogP contribution >= 0.6 is 0 Å². The highest BCUT2D eigenvalue weighted by Crippen LogP contribution is 2.35. The minimum absolute atomic E-state index is 0.319. The quantitative estimate of drug-likeness (QED) is 0.764. The Morgan fingerprint density at radius 3 is 2.94 bits per heavy atom. The SMILES string of the molecule is CC1(N2CCCNC(C3CC3)C2)CCOC1. The molecule has 0 aromatic heterocycles. The highest BCUT2D eigenvalue weighted by molar-refractivity contribution is 4.96. The van der Waals surface area contributed by atoms with E-state index in [1.165, 1.54) is 45.3 Å². The maximum atomic E-state index is 5.60. The van der Waals surface area contributed by atoms with Gasteiger partial charge in [-0.25, -0.2) is 0 Å². The number of rotatable bonds is 2. The van der Waals surface area contributed by atoms with Crippen LogP contribution in [0.25, 0.3) is 0 Å². The molecule has 2 unspecified atom stereocenters. The molecule has 2 heterocycles. The van der Waals surface area contributed by atoms with Crippen molar-refractivity contribution in [2.75, 3.05) is 32.8 Å². The van der Waals surface area contributed by atoms with Gasteiger partial charge in [-0.2, -0.15) is 0 Å². The van der Waals surface area contributed by atoms with Gasteiger partial charge in [-0.1, -0.05) is 0 Å². The summed E-state index contributed by atoms with van der Waals surface area (Å²) in [5.74, 6) is 0.964. The van der Waals surface area contributed by atoms with E-state index in [0.29, 0.717) is 5.54 Å². The summed E-state index contributed by atoms with van der Waals surface area (Å²) in [6, 6.07) is 0.750. The fourth-order valence-electron chi connectivity index (χ4n) is 3.16. The van der Waals surface area contributed by atoms with Gasteiger partial charge in [-0.05, 0) is 45.1 Å². The predicted molar refractivity (Wildman–Crippen MR) is 64.5 cm³/mol. The molecule has 3 rings (SSSR count). The van der Waals surface area contributed by atoms with Crippen LogP contribution in [0, 0.1) is 5.92 Å². The molecule has 1 aliphatic carbocycles. The molecule has 0 amide bonds. The van der Waals surface area contributed by atoms with Gasteiger partial charge in [0.1, 0.15) is 0 Å². The Kier molecular flexibility index (Phi) is 2.94. The van der Waals surface area contributed by atoms with Crippen LogP contribution in [0.15, 0.2) is 0 Å². The number of hydrogen-bond donors (Lipinski definition) is 1. The first-order valence-electron chi connectivity index (χ1n) is 6.84. The summed E-state index contributed by atoms with van der Waals surface area (Å²) < 4.78 is 5.60. The van der Waals surface area contributed by atoms with Gasteiger partial charge >= 0.3 is 0 Å². The molecule has 0 bridgehead atoms. The number of hydrogen-bond acceptors (Lipinski definition) is 3. The lowest BCUT2D eigenvalue weighted by atomic mass is 9.97. The molecule has 1 N–H and O–H groups in total. The van der Waals surface area contributed by atoms with Gasteiger partial charge in [0.25, 0.3) is 0 Å². The Bertz CT molecular complexity index is 246. The molecule has 3 nitrogen and oxygen atoms in total. The first kappa shape index (κ1) is 11.0. The van der Waals surface area contributed by atoms with E-state index in [1.807, 2.05) is 0 Å². The van der Waals surface area contributed by atoms with Gasteiger partial charge in [0.05, 0.1) is 6.61 Å². The van der Waals surface area contributed by atoms with Crippen molar-refractivity contribution in [1.29, 1.82) is 0 Å². The largest absolute Gasteiger partial charge is 0.379 e. The molecule has 3 fully saturated rings. The third kappa shape index (κ3) is 2.13. The lowest BCUT2D eigenvalue weighted by Crippen LogP contribution is -2.51. The van der Waals surface area contributed by atoms with Gasteiger partial charge in [0.2, 0.25) is 0 Å². The molecule has 0 spiro atoms. The summed E-state index contributed by atoms with van der Waals surface area (Å²) in [6.07, 6.45) is 5.39. The van der Waals surface area contributed by atoms with Crippen LogP contribution in [0.5, 0.6) is 0 Å². The normalized spacial score (nSPS) is 42.2. The maximum Gasteiger partial charge on any atom is 0.0648 e. The molecule has 0 aromatic rings. The molecule has 2 atom stereocenters. The van der Waals surface area contributed by atoms with E-state index in [9.17, 15) is 0 Å². The van der Waals surface area contributed by atoms with Crippen molar-refractivity contribution in [1.82, 2.24) is 10.2 Å². The Balaban J connectivity index is 1.67. The fraction of sp³-hybridized carbons (Fsp3) is 1.00. The molecule has 16 heavy (non-hydrogen) atoms. The first-order chi connectivity index (χ1) is 7.78. The molecule has 2 saturated heterocycles. The second-order valence-electron chi connectivity index (χ2n) is 6.00. The standard InChI is InChI=1S/C13H24N2O/c1-13(5-8-16-10-13)15-7-2-6-14-12(9-15)11-3-4-11/h11-12,14H,2-10H2,1H3. The molecule has 0 aromatic carbocycles. The number of nitrogens with zero attached hydrogens (tertiary/aromatic N) is 1. The molecular formula is C13H24N2O. The topological polar surface area (TPSA) is 24.5 Å². The molecule has 0 radical (unpaired) electrons. The van der Waals surface area contributed by atoms with E-state index in [1.54, 1.807) is 0 Å². The Labute approximate surface area is 98.5 Å². The van der Waals surface area contributed by atoms with E-state index in [2.05, 4.69) is 17.1 Å². The van der Waals surface area contributed by atoms with Crippen LogP contribution in [0.3, 0.4) is 0 Å². The second kappa shape index (κ2) is 4.28. The summed E-state index contributed by atoms with van der Waals surface area (Å²) in [5, 5.41) is 3.73. The summed E-state index contributed by atoms with van der Waals surface area (Å²) in [4.78, 5) is 2.70. The van der Waals surface area contributed by atoms with Crippen molar-refractivity contribution in [3.05, 3.63) is 0 Å². The molecule has 92 valence electrons. The van der Waals surface area contributed by atoms with Crippen molar-refractivity contribution >= 4 is 0 Å². The van der Waals surface area contributed by atoms with Gasteiger partial charge in [-0.15, -0.1) is 0 Å².